The molecule has 164 valence electrons. The van der Waals surface area contributed by atoms with Crippen molar-refractivity contribution in [2.45, 2.75) is 44.9 Å². The summed E-state index contributed by atoms with van der Waals surface area (Å²) in [6.07, 6.45) is 11.0. The number of hydrogen-bond acceptors (Lipinski definition) is 5. The fraction of sp³-hybridized carbons (Fsp3) is 0.320. The molecule has 0 bridgehead atoms. The number of aromatic nitrogens is 5. The standard InChI is InChI=1S/C25H28N6O/c32-13-12-31-24-10-4-9-23(22(24)16-28-31)27-15-21-18-30(17-19-6-2-1-3-7-19)29-25(21)20-8-5-11-26-14-20/h1-3,5-8,11,14,16,18,23,27,32H,4,9-10,12-13,15,17H2/t23-/m0/s1. The molecule has 0 amide bonds. The van der Waals surface area contributed by atoms with Crippen molar-refractivity contribution in [2.75, 3.05) is 6.61 Å². The third-order valence-electron chi connectivity index (χ3n) is 6.07. The molecule has 0 fully saturated rings. The van der Waals surface area contributed by atoms with Gasteiger partial charge in [0.25, 0.3) is 0 Å². The van der Waals surface area contributed by atoms with Crippen LogP contribution in [-0.4, -0.2) is 36.3 Å². The van der Waals surface area contributed by atoms with Gasteiger partial charge in [-0.2, -0.15) is 10.2 Å². The van der Waals surface area contributed by atoms with Gasteiger partial charge in [0.15, 0.2) is 0 Å². The second-order valence-corrected chi connectivity index (χ2v) is 8.25. The van der Waals surface area contributed by atoms with Crippen LogP contribution in [0.4, 0.5) is 0 Å². The minimum atomic E-state index is 0.112. The number of nitrogens with zero attached hydrogens (tertiary/aromatic N) is 5. The summed E-state index contributed by atoms with van der Waals surface area (Å²) in [6, 6.07) is 14.7. The van der Waals surface area contributed by atoms with Gasteiger partial charge < -0.3 is 10.4 Å². The van der Waals surface area contributed by atoms with Gasteiger partial charge in [0.2, 0.25) is 0 Å². The van der Waals surface area contributed by atoms with Crippen LogP contribution in [0.5, 0.6) is 0 Å². The normalized spacial score (nSPS) is 15.6. The number of fused-ring (bicyclic) bond motifs is 1. The molecule has 0 radical (unpaired) electrons. The summed E-state index contributed by atoms with van der Waals surface area (Å²) in [5.74, 6) is 0. The Bertz CT molecular complexity index is 1150. The van der Waals surface area contributed by atoms with E-state index in [1.807, 2.05) is 33.9 Å². The minimum Gasteiger partial charge on any atom is -0.394 e. The molecule has 3 aromatic heterocycles. The Kier molecular flexibility index (Phi) is 6.09. The van der Waals surface area contributed by atoms with E-state index in [1.165, 1.54) is 16.8 Å². The smallest absolute Gasteiger partial charge is 0.0983 e. The molecule has 32 heavy (non-hydrogen) atoms. The van der Waals surface area contributed by atoms with Crippen LogP contribution in [0.1, 0.15) is 41.3 Å². The van der Waals surface area contributed by atoms with E-state index in [0.717, 1.165) is 42.6 Å². The molecular formula is C25H28N6O. The number of hydrogen-bond donors (Lipinski definition) is 2. The zero-order valence-corrected chi connectivity index (χ0v) is 18.1. The van der Waals surface area contributed by atoms with Gasteiger partial charge >= 0.3 is 0 Å². The number of pyridine rings is 1. The van der Waals surface area contributed by atoms with Crippen molar-refractivity contribution in [1.82, 2.24) is 29.9 Å². The molecule has 2 N–H and O–H groups in total. The summed E-state index contributed by atoms with van der Waals surface area (Å²) in [6.45, 7) is 2.12. The first-order valence-electron chi connectivity index (χ1n) is 11.2. The van der Waals surface area contributed by atoms with E-state index < -0.39 is 0 Å². The Morgan fingerprint density at radius 1 is 1.09 bits per heavy atom. The predicted octanol–water partition coefficient (Wildman–Crippen LogP) is 3.35. The average molecular weight is 429 g/mol. The van der Waals surface area contributed by atoms with Gasteiger partial charge in [-0.1, -0.05) is 30.3 Å². The van der Waals surface area contributed by atoms with Crippen LogP contribution in [0, 0.1) is 0 Å². The lowest BCUT2D eigenvalue weighted by atomic mass is 9.92. The highest BCUT2D eigenvalue weighted by Crippen LogP contribution is 2.30. The number of nitrogens with one attached hydrogen (secondary N) is 1. The molecule has 0 unspecified atom stereocenters. The lowest BCUT2D eigenvalue weighted by Gasteiger charge is -2.24. The highest BCUT2D eigenvalue weighted by molar-refractivity contribution is 5.61. The van der Waals surface area contributed by atoms with E-state index in [1.54, 1.807) is 6.20 Å². The van der Waals surface area contributed by atoms with Crippen molar-refractivity contribution in [3.05, 3.63) is 89.6 Å². The highest BCUT2D eigenvalue weighted by atomic mass is 16.3. The topological polar surface area (TPSA) is 80.8 Å². The second kappa shape index (κ2) is 9.46. The largest absolute Gasteiger partial charge is 0.394 e. The van der Waals surface area contributed by atoms with Gasteiger partial charge in [-0.3, -0.25) is 14.3 Å². The van der Waals surface area contributed by atoms with Crippen LogP contribution in [0.25, 0.3) is 11.3 Å². The van der Waals surface area contributed by atoms with Crippen LogP contribution in [0.3, 0.4) is 0 Å². The van der Waals surface area contributed by atoms with E-state index in [4.69, 9.17) is 5.10 Å². The summed E-state index contributed by atoms with van der Waals surface area (Å²) in [5, 5.41) is 22.5. The number of rotatable bonds is 8. The molecule has 5 rings (SSSR count). The van der Waals surface area contributed by atoms with Crippen molar-refractivity contribution < 1.29 is 5.11 Å². The fourth-order valence-electron chi connectivity index (χ4n) is 4.54. The van der Waals surface area contributed by atoms with Gasteiger partial charge in [-0.25, -0.2) is 0 Å². The van der Waals surface area contributed by atoms with E-state index >= 15 is 0 Å². The lowest BCUT2D eigenvalue weighted by molar-refractivity contribution is 0.266. The summed E-state index contributed by atoms with van der Waals surface area (Å²) < 4.78 is 3.96. The van der Waals surface area contributed by atoms with Gasteiger partial charge in [0, 0.05) is 53.6 Å². The third-order valence-corrected chi connectivity index (χ3v) is 6.07. The second-order valence-electron chi connectivity index (χ2n) is 8.25. The first-order valence-corrected chi connectivity index (χ1v) is 11.2. The molecule has 7 nitrogen and oxygen atoms in total. The first kappa shape index (κ1) is 20.6. The molecule has 7 heteroatoms. The molecule has 3 heterocycles. The number of aliphatic hydroxyl groups excluding tert-OH is 1. The monoisotopic (exact) mass is 428 g/mol. The number of aliphatic hydroxyl groups is 1. The maximum atomic E-state index is 9.31. The van der Waals surface area contributed by atoms with Gasteiger partial charge in [0.1, 0.15) is 0 Å². The predicted molar refractivity (Wildman–Crippen MR) is 123 cm³/mol. The maximum Gasteiger partial charge on any atom is 0.0983 e. The first-order chi connectivity index (χ1) is 15.8. The molecule has 0 aliphatic heterocycles. The van der Waals surface area contributed by atoms with Crippen LogP contribution < -0.4 is 5.32 Å². The fourth-order valence-corrected chi connectivity index (χ4v) is 4.54. The zero-order chi connectivity index (χ0) is 21.8. The SMILES string of the molecule is OCCn1ncc2c1CCC[C@@H]2NCc1cn(Cc2ccccc2)nc1-c1cccnc1. The molecule has 1 aliphatic carbocycles. The molecular weight excluding hydrogens is 400 g/mol. The van der Waals surface area contributed by atoms with Crippen molar-refractivity contribution in [2.24, 2.45) is 0 Å². The van der Waals surface area contributed by atoms with Crippen molar-refractivity contribution in [1.29, 1.82) is 0 Å². The van der Waals surface area contributed by atoms with E-state index in [9.17, 15) is 5.11 Å². The summed E-state index contributed by atoms with van der Waals surface area (Å²) >= 11 is 0. The van der Waals surface area contributed by atoms with Crippen molar-refractivity contribution >= 4 is 0 Å². The Labute approximate surface area is 187 Å². The lowest BCUT2D eigenvalue weighted by Crippen LogP contribution is -2.25. The van der Waals surface area contributed by atoms with E-state index in [-0.39, 0.29) is 12.6 Å². The number of benzene rings is 1. The van der Waals surface area contributed by atoms with Gasteiger partial charge in [-0.05, 0) is 37.0 Å². The van der Waals surface area contributed by atoms with Crippen LogP contribution >= 0.6 is 0 Å². The van der Waals surface area contributed by atoms with E-state index in [2.05, 4.69) is 51.9 Å². The third kappa shape index (κ3) is 4.35. The Morgan fingerprint density at radius 3 is 2.81 bits per heavy atom. The molecule has 0 saturated carbocycles. The molecule has 0 spiro atoms. The minimum absolute atomic E-state index is 0.112. The zero-order valence-electron chi connectivity index (χ0n) is 18.1. The Hall–Kier alpha value is -3.29. The quantitative estimate of drug-likeness (QED) is 0.450. The Balaban J connectivity index is 1.38. The molecule has 1 aromatic carbocycles. The van der Waals surface area contributed by atoms with Crippen LogP contribution in [0.2, 0.25) is 0 Å². The Morgan fingerprint density at radius 2 is 2.00 bits per heavy atom. The van der Waals surface area contributed by atoms with Gasteiger partial charge in [0.05, 0.1) is 31.6 Å². The molecule has 1 aliphatic rings. The summed E-state index contributed by atoms with van der Waals surface area (Å²) in [7, 11) is 0. The van der Waals surface area contributed by atoms with E-state index in [0.29, 0.717) is 13.1 Å². The van der Waals surface area contributed by atoms with Crippen LogP contribution in [-0.2, 0) is 26.1 Å². The van der Waals surface area contributed by atoms with Gasteiger partial charge in [-0.15, -0.1) is 0 Å². The molecule has 0 saturated heterocycles. The average Bonchev–Trinajstić information content (AvgIpc) is 3.44. The molecule has 4 aromatic rings. The maximum absolute atomic E-state index is 9.31. The van der Waals surface area contributed by atoms with Crippen molar-refractivity contribution in [3.8, 4) is 11.3 Å². The summed E-state index contributed by atoms with van der Waals surface area (Å²) in [5.41, 5.74) is 6.87. The van der Waals surface area contributed by atoms with Crippen molar-refractivity contribution in [3.63, 3.8) is 0 Å². The molecule has 1 atom stereocenters. The summed E-state index contributed by atoms with van der Waals surface area (Å²) in [4.78, 5) is 4.29. The highest BCUT2D eigenvalue weighted by Gasteiger charge is 2.24. The van der Waals surface area contributed by atoms with Crippen LogP contribution in [0.15, 0.2) is 67.3 Å².